The Hall–Kier alpha value is -0.585. The van der Waals surface area contributed by atoms with Gasteiger partial charge in [0.2, 0.25) is 0 Å². The second kappa shape index (κ2) is 4.96. The third-order valence-corrected chi connectivity index (χ3v) is 3.15. The summed E-state index contributed by atoms with van der Waals surface area (Å²) >= 11 is 0. The molecule has 0 aromatic rings. The van der Waals surface area contributed by atoms with Crippen LogP contribution in [0.4, 0.5) is 0 Å². The standard InChI is InChI=1S/C9H18BNO4/c11-9(8(12)13)4-1-2-7(6-9)3-5-10(14)15/h7,14-15H,1-6,11H2,(H,12,13)/t7?,9-/m0/s1. The van der Waals surface area contributed by atoms with Crippen molar-refractivity contribution in [3.05, 3.63) is 0 Å². The highest BCUT2D eigenvalue weighted by Gasteiger charge is 2.39. The molecule has 1 rings (SSSR count). The van der Waals surface area contributed by atoms with Gasteiger partial charge in [0, 0.05) is 0 Å². The monoisotopic (exact) mass is 215 g/mol. The minimum Gasteiger partial charge on any atom is -0.480 e. The summed E-state index contributed by atoms with van der Waals surface area (Å²) in [7, 11) is -1.30. The molecular formula is C9H18BNO4. The zero-order valence-electron chi connectivity index (χ0n) is 8.72. The van der Waals surface area contributed by atoms with Crippen molar-refractivity contribution < 1.29 is 19.9 Å². The highest BCUT2D eigenvalue weighted by atomic mass is 16.4. The van der Waals surface area contributed by atoms with Gasteiger partial charge in [-0.1, -0.05) is 19.3 Å². The Morgan fingerprint density at radius 2 is 2.20 bits per heavy atom. The molecule has 0 spiro atoms. The summed E-state index contributed by atoms with van der Waals surface area (Å²) in [5.41, 5.74) is 4.67. The average Bonchev–Trinajstić information content (AvgIpc) is 2.15. The predicted molar refractivity (Wildman–Crippen MR) is 56.1 cm³/mol. The average molecular weight is 215 g/mol. The van der Waals surface area contributed by atoms with Crippen molar-refractivity contribution in [3.8, 4) is 0 Å². The van der Waals surface area contributed by atoms with E-state index in [2.05, 4.69) is 0 Å². The molecule has 1 saturated carbocycles. The lowest BCUT2D eigenvalue weighted by Gasteiger charge is -2.34. The molecule has 2 atom stereocenters. The van der Waals surface area contributed by atoms with E-state index in [-0.39, 0.29) is 5.92 Å². The summed E-state index contributed by atoms with van der Waals surface area (Å²) < 4.78 is 0. The fourth-order valence-corrected chi connectivity index (χ4v) is 2.25. The van der Waals surface area contributed by atoms with Gasteiger partial charge in [-0.15, -0.1) is 0 Å². The van der Waals surface area contributed by atoms with Crippen LogP contribution in [0.5, 0.6) is 0 Å². The lowest BCUT2D eigenvalue weighted by atomic mass is 9.71. The van der Waals surface area contributed by atoms with Crippen LogP contribution in [-0.4, -0.2) is 33.8 Å². The zero-order valence-corrected chi connectivity index (χ0v) is 8.72. The van der Waals surface area contributed by atoms with E-state index in [4.69, 9.17) is 20.9 Å². The lowest BCUT2D eigenvalue weighted by Crippen LogP contribution is -2.51. The first-order valence-corrected chi connectivity index (χ1v) is 5.32. The van der Waals surface area contributed by atoms with Crippen molar-refractivity contribution >= 4 is 13.1 Å². The van der Waals surface area contributed by atoms with Crippen LogP contribution in [0, 0.1) is 5.92 Å². The van der Waals surface area contributed by atoms with E-state index < -0.39 is 18.6 Å². The molecule has 5 nitrogen and oxygen atoms in total. The molecule has 15 heavy (non-hydrogen) atoms. The van der Waals surface area contributed by atoms with E-state index in [1.807, 2.05) is 0 Å². The first-order valence-electron chi connectivity index (χ1n) is 5.32. The highest BCUT2D eigenvalue weighted by Crippen LogP contribution is 2.33. The summed E-state index contributed by atoms with van der Waals surface area (Å²) in [6.07, 6.45) is 3.60. The summed E-state index contributed by atoms with van der Waals surface area (Å²) in [4.78, 5) is 10.9. The number of aliphatic carboxylic acids is 1. The normalized spacial score (nSPS) is 31.3. The van der Waals surface area contributed by atoms with E-state index in [9.17, 15) is 4.79 Å². The first kappa shape index (κ1) is 12.5. The van der Waals surface area contributed by atoms with Gasteiger partial charge in [0.15, 0.2) is 0 Å². The summed E-state index contributed by atoms with van der Waals surface area (Å²) in [5.74, 6) is -0.751. The molecule has 0 bridgehead atoms. The quantitative estimate of drug-likeness (QED) is 0.487. The van der Waals surface area contributed by atoms with E-state index in [0.29, 0.717) is 25.6 Å². The van der Waals surface area contributed by atoms with Crippen LogP contribution in [0.2, 0.25) is 6.32 Å². The number of hydrogen-bond donors (Lipinski definition) is 4. The van der Waals surface area contributed by atoms with Crippen molar-refractivity contribution in [1.29, 1.82) is 0 Å². The van der Waals surface area contributed by atoms with Crippen molar-refractivity contribution in [2.45, 2.75) is 44.0 Å². The predicted octanol–water partition coefficient (Wildman–Crippen LogP) is -0.178. The fourth-order valence-electron chi connectivity index (χ4n) is 2.25. The van der Waals surface area contributed by atoms with Gasteiger partial charge >= 0.3 is 13.1 Å². The van der Waals surface area contributed by atoms with E-state index >= 15 is 0 Å². The van der Waals surface area contributed by atoms with Crippen molar-refractivity contribution in [2.75, 3.05) is 0 Å². The number of carboxylic acid groups (broad SMARTS) is 1. The highest BCUT2D eigenvalue weighted by molar-refractivity contribution is 6.40. The van der Waals surface area contributed by atoms with Gasteiger partial charge in [-0.2, -0.15) is 0 Å². The lowest BCUT2D eigenvalue weighted by molar-refractivity contribution is -0.145. The number of carbonyl (C=O) groups is 1. The molecule has 1 aliphatic carbocycles. The Morgan fingerprint density at radius 3 is 2.73 bits per heavy atom. The van der Waals surface area contributed by atoms with Crippen molar-refractivity contribution in [2.24, 2.45) is 11.7 Å². The van der Waals surface area contributed by atoms with Crippen LogP contribution in [0.15, 0.2) is 0 Å². The zero-order chi connectivity index (χ0) is 11.5. The van der Waals surface area contributed by atoms with Crippen molar-refractivity contribution in [1.82, 2.24) is 0 Å². The number of nitrogens with two attached hydrogens (primary N) is 1. The molecule has 6 heteroatoms. The van der Waals surface area contributed by atoms with Crippen LogP contribution in [0.1, 0.15) is 32.1 Å². The van der Waals surface area contributed by atoms with Gasteiger partial charge in [0.1, 0.15) is 5.54 Å². The second-order valence-corrected chi connectivity index (χ2v) is 4.48. The Bertz CT molecular complexity index is 236. The molecule has 86 valence electrons. The molecule has 0 heterocycles. The third kappa shape index (κ3) is 3.48. The van der Waals surface area contributed by atoms with Crippen LogP contribution in [0.25, 0.3) is 0 Å². The van der Waals surface area contributed by atoms with Gasteiger partial charge < -0.3 is 20.9 Å². The van der Waals surface area contributed by atoms with Gasteiger partial charge in [-0.25, -0.2) is 0 Å². The molecule has 1 fully saturated rings. The maximum absolute atomic E-state index is 10.9. The molecule has 0 aliphatic heterocycles. The van der Waals surface area contributed by atoms with E-state index in [0.717, 1.165) is 12.8 Å². The van der Waals surface area contributed by atoms with Crippen LogP contribution in [0.3, 0.4) is 0 Å². The molecule has 5 N–H and O–H groups in total. The Balaban J connectivity index is 2.45. The van der Waals surface area contributed by atoms with Crippen LogP contribution < -0.4 is 5.73 Å². The molecule has 0 aromatic carbocycles. The van der Waals surface area contributed by atoms with E-state index in [1.165, 1.54) is 0 Å². The summed E-state index contributed by atoms with van der Waals surface area (Å²) in [6, 6.07) is 0. The summed E-state index contributed by atoms with van der Waals surface area (Å²) in [5, 5.41) is 26.4. The molecule has 0 amide bonds. The van der Waals surface area contributed by atoms with Gasteiger partial charge in [-0.05, 0) is 25.1 Å². The van der Waals surface area contributed by atoms with Gasteiger partial charge in [0.05, 0.1) is 0 Å². The first-order chi connectivity index (χ1) is 6.94. The number of carboxylic acids is 1. The molecule has 0 aromatic heterocycles. The van der Waals surface area contributed by atoms with Crippen LogP contribution >= 0.6 is 0 Å². The molecule has 0 radical (unpaired) electrons. The SMILES string of the molecule is N[C@@]1(C(=O)O)CCCC(CCB(O)O)C1. The Morgan fingerprint density at radius 1 is 1.53 bits per heavy atom. The minimum atomic E-state index is -1.30. The number of hydrogen-bond acceptors (Lipinski definition) is 4. The van der Waals surface area contributed by atoms with Gasteiger partial charge in [0.25, 0.3) is 0 Å². The van der Waals surface area contributed by atoms with E-state index in [1.54, 1.807) is 0 Å². The van der Waals surface area contributed by atoms with Gasteiger partial charge in [-0.3, -0.25) is 4.79 Å². The molecule has 0 saturated heterocycles. The van der Waals surface area contributed by atoms with Crippen LogP contribution in [-0.2, 0) is 4.79 Å². The van der Waals surface area contributed by atoms with Crippen molar-refractivity contribution in [3.63, 3.8) is 0 Å². The topological polar surface area (TPSA) is 104 Å². The second-order valence-electron chi connectivity index (χ2n) is 4.48. The Labute approximate surface area is 89.4 Å². The maximum Gasteiger partial charge on any atom is 0.451 e. The minimum absolute atomic E-state index is 0.196. The Kier molecular flexibility index (Phi) is 4.13. The largest absolute Gasteiger partial charge is 0.480 e. The smallest absolute Gasteiger partial charge is 0.451 e. The molecule has 1 unspecified atom stereocenters. The molecular weight excluding hydrogens is 197 g/mol. The fraction of sp³-hybridized carbons (Fsp3) is 0.889. The maximum atomic E-state index is 10.9. The summed E-state index contributed by atoms with van der Waals surface area (Å²) in [6.45, 7) is 0. The number of rotatable bonds is 4. The molecule has 1 aliphatic rings. The third-order valence-electron chi connectivity index (χ3n) is 3.15.